The lowest BCUT2D eigenvalue weighted by Gasteiger charge is -2.33. The van der Waals surface area contributed by atoms with Gasteiger partial charge in [0.1, 0.15) is 0 Å². The molecule has 1 N–H and O–H groups in total. The Bertz CT molecular complexity index is 454. The number of amides is 1. The lowest BCUT2D eigenvalue weighted by molar-refractivity contribution is -0.111. The number of rotatable bonds is 5. The molecule has 0 saturated heterocycles. The lowest BCUT2D eigenvalue weighted by Crippen LogP contribution is -2.42. The summed E-state index contributed by atoms with van der Waals surface area (Å²) in [5.41, 5.74) is 1.76. The third-order valence-corrected chi connectivity index (χ3v) is 3.37. The summed E-state index contributed by atoms with van der Waals surface area (Å²) in [7, 11) is 0. The first kappa shape index (κ1) is 12.4. The Morgan fingerprint density at radius 2 is 1.39 bits per heavy atom. The van der Waals surface area contributed by atoms with Crippen LogP contribution in [0.1, 0.15) is 24.5 Å². The second kappa shape index (κ2) is 5.50. The van der Waals surface area contributed by atoms with Crippen LogP contribution in [0.25, 0.3) is 0 Å². The van der Waals surface area contributed by atoms with E-state index in [1.165, 1.54) is 0 Å². The highest BCUT2D eigenvalue weighted by atomic mass is 16.1. The van der Waals surface area contributed by atoms with Gasteiger partial charge in [0.05, 0.1) is 5.54 Å². The highest BCUT2D eigenvalue weighted by molar-refractivity contribution is 5.53. The van der Waals surface area contributed by atoms with Crippen molar-refractivity contribution in [3.05, 3.63) is 71.8 Å². The van der Waals surface area contributed by atoms with Gasteiger partial charge >= 0.3 is 0 Å². The Hall–Kier alpha value is -2.09. The van der Waals surface area contributed by atoms with Crippen molar-refractivity contribution < 1.29 is 4.79 Å². The van der Waals surface area contributed by atoms with Crippen molar-refractivity contribution in [1.82, 2.24) is 5.32 Å². The summed E-state index contributed by atoms with van der Waals surface area (Å²) >= 11 is 0. The Morgan fingerprint density at radius 1 is 0.944 bits per heavy atom. The van der Waals surface area contributed by atoms with E-state index < -0.39 is 5.54 Å². The van der Waals surface area contributed by atoms with E-state index in [0.717, 1.165) is 24.0 Å². The molecule has 0 spiro atoms. The van der Waals surface area contributed by atoms with Crippen LogP contribution in [0.4, 0.5) is 0 Å². The van der Waals surface area contributed by atoms with Gasteiger partial charge in [-0.25, -0.2) is 0 Å². The second-order valence-corrected chi connectivity index (χ2v) is 4.25. The molecule has 0 fully saturated rings. The molecule has 0 aliphatic rings. The van der Waals surface area contributed by atoms with Crippen LogP contribution in [0.2, 0.25) is 0 Å². The Morgan fingerprint density at radius 3 is 1.72 bits per heavy atom. The SMILES string of the molecule is CCC(NC=O)(c1ccccc1)c1ccccc1. The van der Waals surface area contributed by atoms with Gasteiger partial charge in [0.2, 0.25) is 6.41 Å². The molecular formula is C16H17NO. The largest absolute Gasteiger partial charge is 0.345 e. The zero-order chi connectivity index (χ0) is 12.8. The first-order valence-corrected chi connectivity index (χ1v) is 6.16. The average Bonchev–Trinajstić information content (AvgIpc) is 2.47. The zero-order valence-electron chi connectivity index (χ0n) is 10.5. The molecule has 0 aromatic heterocycles. The van der Waals surface area contributed by atoms with Crippen molar-refractivity contribution in [2.75, 3.05) is 0 Å². The summed E-state index contributed by atoms with van der Waals surface area (Å²) in [6.07, 6.45) is 1.59. The first-order valence-electron chi connectivity index (χ1n) is 6.16. The Kier molecular flexibility index (Phi) is 3.78. The van der Waals surface area contributed by atoms with Crippen LogP contribution in [0.3, 0.4) is 0 Å². The minimum absolute atomic E-state index is 0.440. The van der Waals surface area contributed by atoms with Crippen molar-refractivity contribution in [3.63, 3.8) is 0 Å². The van der Waals surface area contributed by atoms with Gasteiger partial charge in [0.25, 0.3) is 0 Å². The van der Waals surface area contributed by atoms with Crippen molar-refractivity contribution in [3.8, 4) is 0 Å². The van der Waals surface area contributed by atoms with E-state index in [1.54, 1.807) is 0 Å². The molecule has 0 radical (unpaired) electrons. The number of hydrogen-bond acceptors (Lipinski definition) is 1. The average molecular weight is 239 g/mol. The van der Waals surface area contributed by atoms with Gasteiger partial charge < -0.3 is 5.32 Å². The third kappa shape index (κ3) is 2.14. The van der Waals surface area contributed by atoms with Gasteiger partial charge in [0.15, 0.2) is 0 Å². The monoisotopic (exact) mass is 239 g/mol. The predicted molar refractivity (Wildman–Crippen MR) is 73.2 cm³/mol. The molecule has 1 amide bonds. The van der Waals surface area contributed by atoms with E-state index in [9.17, 15) is 4.79 Å². The number of nitrogens with one attached hydrogen (secondary N) is 1. The third-order valence-electron chi connectivity index (χ3n) is 3.37. The van der Waals surface area contributed by atoms with Gasteiger partial charge in [-0.05, 0) is 17.5 Å². The van der Waals surface area contributed by atoms with E-state index in [1.807, 2.05) is 60.7 Å². The smallest absolute Gasteiger partial charge is 0.208 e. The second-order valence-electron chi connectivity index (χ2n) is 4.25. The number of benzene rings is 2. The van der Waals surface area contributed by atoms with Crippen LogP contribution >= 0.6 is 0 Å². The molecule has 2 heteroatoms. The molecular weight excluding hydrogens is 222 g/mol. The van der Waals surface area contributed by atoms with Crippen LogP contribution in [0.15, 0.2) is 60.7 Å². The van der Waals surface area contributed by atoms with Gasteiger partial charge in [-0.15, -0.1) is 0 Å². The maximum absolute atomic E-state index is 11.0. The molecule has 92 valence electrons. The fourth-order valence-corrected chi connectivity index (χ4v) is 2.39. The quantitative estimate of drug-likeness (QED) is 0.798. The molecule has 2 aromatic rings. The minimum Gasteiger partial charge on any atom is -0.345 e. The molecule has 0 heterocycles. The summed E-state index contributed by atoms with van der Waals surface area (Å²) in [5, 5.41) is 3.00. The van der Waals surface area contributed by atoms with E-state index in [2.05, 4.69) is 12.2 Å². The van der Waals surface area contributed by atoms with Crippen LogP contribution in [-0.4, -0.2) is 6.41 Å². The van der Waals surface area contributed by atoms with E-state index in [-0.39, 0.29) is 0 Å². The van der Waals surface area contributed by atoms with E-state index in [4.69, 9.17) is 0 Å². The van der Waals surface area contributed by atoms with Crippen molar-refractivity contribution in [2.45, 2.75) is 18.9 Å². The van der Waals surface area contributed by atoms with Gasteiger partial charge in [-0.3, -0.25) is 4.79 Å². The summed E-state index contributed by atoms with van der Waals surface area (Å²) < 4.78 is 0. The fraction of sp³-hybridized carbons (Fsp3) is 0.188. The van der Waals surface area contributed by atoms with Crippen LogP contribution in [-0.2, 0) is 10.3 Å². The van der Waals surface area contributed by atoms with Crippen molar-refractivity contribution in [1.29, 1.82) is 0 Å². The van der Waals surface area contributed by atoms with Gasteiger partial charge in [0, 0.05) is 0 Å². The highest BCUT2D eigenvalue weighted by Gasteiger charge is 2.31. The van der Waals surface area contributed by atoms with Crippen molar-refractivity contribution >= 4 is 6.41 Å². The summed E-state index contributed by atoms with van der Waals surface area (Å²) in [5.74, 6) is 0. The highest BCUT2D eigenvalue weighted by Crippen LogP contribution is 2.32. The zero-order valence-corrected chi connectivity index (χ0v) is 10.5. The van der Waals surface area contributed by atoms with Gasteiger partial charge in [-0.1, -0.05) is 67.6 Å². The molecule has 2 rings (SSSR count). The molecule has 0 atom stereocenters. The summed E-state index contributed by atoms with van der Waals surface area (Å²) in [6.45, 7) is 2.08. The predicted octanol–water partition coefficient (Wildman–Crippen LogP) is 3.09. The molecule has 0 aliphatic heterocycles. The number of carbonyl (C=O) groups is 1. The molecule has 18 heavy (non-hydrogen) atoms. The van der Waals surface area contributed by atoms with Crippen molar-refractivity contribution in [2.24, 2.45) is 0 Å². The molecule has 0 unspecified atom stereocenters. The maximum atomic E-state index is 11.0. The number of carbonyl (C=O) groups excluding carboxylic acids is 1. The Balaban J connectivity index is 2.57. The standard InChI is InChI=1S/C16H17NO/c1-2-16(17-13-18,14-9-5-3-6-10-14)15-11-7-4-8-12-15/h3-13H,2H2,1H3,(H,17,18). The van der Waals surface area contributed by atoms with Crippen LogP contribution < -0.4 is 5.32 Å². The lowest BCUT2D eigenvalue weighted by atomic mass is 9.81. The minimum atomic E-state index is -0.440. The molecule has 2 aromatic carbocycles. The van der Waals surface area contributed by atoms with Gasteiger partial charge in [-0.2, -0.15) is 0 Å². The van der Waals surface area contributed by atoms with E-state index in [0.29, 0.717) is 0 Å². The Labute approximate surface area is 108 Å². The van der Waals surface area contributed by atoms with E-state index >= 15 is 0 Å². The molecule has 0 saturated carbocycles. The first-order chi connectivity index (χ1) is 8.83. The summed E-state index contributed by atoms with van der Waals surface area (Å²) in [4.78, 5) is 11.0. The molecule has 0 aliphatic carbocycles. The maximum Gasteiger partial charge on any atom is 0.208 e. The number of hydrogen-bond donors (Lipinski definition) is 1. The summed E-state index contributed by atoms with van der Waals surface area (Å²) in [6, 6.07) is 20.1. The van der Waals surface area contributed by atoms with Crippen LogP contribution in [0.5, 0.6) is 0 Å². The topological polar surface area (TPSA) is 29.1 Å². The molecule has 2 nitrogen and oxygen atoms in total. The van der Waals surface area contributed by atoms with Crippen LogP contribution in [0, 0.1) is 0 Å². The fourth-order valence-electron chi connectivity index (χ4n) is 2.39. The molecule has 0 bridgehead atoms. The normalized spacial score (nSPS) is 10.9.